The number of nitrogens with zero attached hydrogens (tertiary/aromatic N) is 1. The fourth-order valence-electron chi connectivity index (χ4n) is 1.18. The molecule has 0 radical (unpaired) electrons. The van der Waals surface area contributed by atoms with Gasteiger partial charge in [-0.15, -0.1) is 0 Å². The second-order valence-electron chi connectivity index (χ2n) is 3.23. The minimum Gasteiger partial charge on any atom is -0.494 e. The Bertz CT molecular complexity index is 401. The Morgan fingerprint density at radius 3 is 2.65 bits per heavy atom. The zero-order valence-electron chi connectivity index (χ0n) is 9.51. The lowest BCUT2D eigenvalue weighted by Crippen LogP contribution is -2.33. The van der Waals surface area contributed by atoms with Gasteiger partial charge in [0, 0.05) is 5.56 Å². The Balaban J connectivity index is 2.57. The number of amidine groups is 1. The highest BCUT2D eigenvalue weighted by molar-refractivity contribution is 5.97. The van der Waals surface area contributed by atoms with Crippen LogP contribution >= 0.6 is 0 Å². The molecule has 0 saturated carbocycles. The topological polar surface area (TPSA) is 96.9 Å². The maximum absolute atomic E-state index is 11.6. The van der Waals surface area contributed by atoms with Crippen LogP contribution in [0, 0.1) is 0 Å². The lowest BCUT2D eigenvalue weighted by Gasteiger charge is -2.05. The highest BCUT2D eigenvalue weighted by Gasteiger charge is 2.05. The second kappa shape index (κ2) is 6.37. The number of ether oxygens (including phenoxy) is 1. The van der Waals surface area contributed by atoms with E-state index in [9.17, 15) is 4.79 Å². The molecule has 92 valence electrons. The summed E-state index contributed by atoms with van der Waals surface area (Å²) in [7, 11) is 0. The summed E-state index contributed by atoms with van der Waals surface area (Å²) in [6.07, 6.45) is 0. The number of carbonyl (C=O) groups excluding carboxylic acids is 1. The van der Waals surface area contributed by atoms with Crippen molar-refractivity contribution in [2.24, 2.45) is 10.9 Å². The Labute approximate surface area is 99.1 Å². The van der Waals surface area contributed by atoms with Gasteiger partial charge in [-0.25, -0.2) is 0 Å². The molecule has 0 aliphatic heterocycles. The average molecular weight is 237 g/mol. The van der Waals surface area contributed by atoms with Crippen molar-refractivity contribution in [3.63, 3.8) is 0 Å². The van der Waals surface area contributed by atoms with Gasteiger partial charge in [-0.05, 0) is 31.2 Å². The molecule has 0 spiro atoms. The van der Waals surface area contributed by atoms with Gasteiger partial charge in [-0.3, -0.25) is 4.79 Å². The van der Waals surface area contributed by atoms with E-state index in [1.807, 2.05) is 6.92 Å². The highest BCUT2D eigenvalue weighted by Crippen LogP contribution is 2.11. The average Bonchev–Trinajstić information content (AvgIpc) is 2.36. The molecule has 0 unspecified atom stereocenters. The standard InChI is InChI=1S/C11H15N3O3/c1-2-17-9-5-3-8(4-6-9)11(15)13-7-10(12)14-16/h3-6,16H,2,7H2,1H3,(H2,12,14)(H,13,15). The van der Waals surface area contributed by atoms with Crippen molar-refractivity contribution in [3.8, 4) is 5.75 Å². The molecule has 0 heterocycles. The van der Waals surface area contributed by atoms with Gasteiger partial charge in [0.25, 0.3) is 5.91 Å². The van der Waals surface area contributed by atoms with E-state index < -0.39 is 0 Å². The lowest BCUT2D eigenvalue weighted by molar-refractivity contribution is 0.0959. The van der Waals surface area contributed by atoms with E-state index in [4.69, 9.17) is 15.7 Å². The van der Waals surface area contributed by atoms with E-state index in [1.54, 1.807) is 24.3 Å². The van der Waals surface area contributed by atoms with Crippen LogP contribution in [-0.2, 0) is 0 Å². The van der Waals surface area contributed by atoms with Gasteiger partial charge in [0.05, 0.1) is 13.2 Å². The number of hydrogen-bond donors (Lipinski definition) is 3. The fraction of sp³-hybridized carbons (Fsp3) is 0.273. The molecule has 6 heteroatoms. The number of rotatable bonds is 5. The molecule has 4 N–H and O–H groups in total. The first-order valence-corrected chi connectivity index (χ1v) is 5.14. The van der Waals surface area contributed by atoms with Crippen molar-refractivity contribution in [1.82, 2.24) is 5.32 Å². The molecular weight excluding hydrogens is 222 g/mol. The van der Waals surface area contributed by atoms with Gasteiger partial charge in [0.2, 0.25) is 0 Å². The van der Waals surface area contributed by atoms with Crippen molar-refractivity contribution in [1.29, 1.82) is 0 Å². The summed E-state index contributed by atoms with van der Waals surface area (Å²) >= 11 is 0. The molecule has 17 heavy (non-hydrogen) atoms. The van der Waals surface area contributed by atoms with Gasteiger partial charge in [-0.2, -0.15) is 0 Å². The van der Waals surface area contributed by atoms with E-state index in [0.717, 1.165) is 0 Å². The second-order valence-corrected chi connectivity index (χ2v) is 3.23. The lowest BCUT2D eigenvalue weighted by atomic mass is 10.2. The minimum atomic E-state index is -0.292. The minimum absolute atomic E-state index is 0.00252. The van der Waals surface area contributed by atoms with Crippen LogP contribution in [0.2, 0.25) is 0 Å². The summed E-state index contributed by atoms with van der Waals surface area (Å²) in [5.74, 6) is 0.365. The van der Waals surface area contributed by atoms with Crippen LogP contribution < -0.4 is 15.8 Å². The smallest absolute Gasteiger partial charge is 0.251 e. The molecule has 1 aromatic carbocycles. The molecule has 1 rings (SSSR count). The summed E-state index contributed by atoms with van der Waals surface area (Å²) in [4.78, 5) is 11.6. The number of amides is 1. The monoisotopic (exact) mass is 237 g/mol. The van der Waals surface area contributed by atoms with Gasteiger partial charge < -0.3 is 21.0 Å². The Kier molecular flexibility index (Phi) is 4.80. The van der Waals surface area contributed by atoms with Crippen LogP contribution in [0.25, 0.3) is 0 Å². The predicted octanol–water partition coefficient (Wildman–Crippen LogP) is 0.561. The number of oxime groups is 1. The molecule has 0 bridgehead atoms. The van der Waals surface area contributed by atoms with E-state index in [0.29, 0.717) is 17.9 Å². The van der Waals surface area contributed by atoms with Crippen LogP contribution in [-0.4, -0.2) is 30.1 Å². The van der Waals surface area contributed by atoms with Crippen molar-refractivity contribution in [3.05, 3.63) is 29.8 Å². The van der Waals surface area contributed by atoms with Crippen LogP contribution in [0.15, 0.2) is 29.4 Å². The summed E-state index contributed by atoms with van der Waals surface area (Å²) < 4.78 is 5.25. The Morgan fingerprint density at radius 1 is 1.47 bits per heavy atom. The molecule has 0 aliphatic rings. The van der Waals surface area contributed by atoms with Crippen LogP contribution in [0.4, 0.5) is 0 Å². The summed E-state index contributed by atoms with van der Waals surface area (Å²) in [6, 6.07) is 6.71. The Morgan fingerprint density at radius 2 is 2.12 bits per heavy atom. The molecule has 0 aromatic heterocycles. The molecule has 6 nitrogen and oxygen atoms in total. The number of hydrogen-bond acceptors (Lipinski definition) is 4. The normalized spacial score (nSPS) is 11.0. The molecule has 0 aliphatic carbocycles. The molecule has 0 fully saturated rings. The third-order valence-electron chi connectivity index (χ3n) is 1.99. The summed E-state index contributed by atoms with van der Waals surface area (Å²) in [6.45, 7) is 2.47. The van der Waals surface area contributed by atoms with Crippen molar-refractivity contribution < 1.29 is 14.7 Å². The molecule has 0 atom stereocenters. The number of benzene rings is 1. The van der Waals surface area contributed by atoms with Crippen LogP contribution in [0.1, 0.15) is 17.3 Å². The van der Waals surface area contributed by atoms with E-state index in [2.05, 4.69) is 10.5 Å². The summed E-state index contributed by atoms with van der Waals surface area (Å²) in [5.41, 5.74) is 5.71. The predicted molar refractivity (Wildman–Crippen MR) is 63.4 cm³/mol. The van der Waals surface area contributed by atoms with Gasteiger partial charge >= 0.3 is 0 Å². The number of nitrogens with one attached hydrogen (secondary N) is 1. The zero-order chi connectivity index (χ0) is 12.7. The largest absolute Gasteiger partial charge is 0.494 e. The van der Waals surface area contributed by atoms with Crippen LogP contribution in [0.5, 0.6) is 5.75 Å². The molecular formula is C11H15N3O3. The SMILES string of the molecule is CCOc1ccc(C(=O)NC/C(N)=N/O)cc1. The fourth-order valence-corrected chi connectivity index (χ4v) is 1.18. The first-order valence-electron chi connectivity index (χ1n) is 5.14. The quantitative estimate of drug-likeness (QED) is 0.302. The molecule has 1 amide bonds. The van der Waals surface area contributed by atoms with Gasteiger partial charge in [0.1, 0.15) is 5.75 Å². The maximum atomic E-state index is 11.6. The number of nitrogens with two attached hydrogens (primary N) is 1. The highest BCUT2D eigenvalue weighted by atomic mass is 16.5. The maximum Gasteiger partial charge on any atom is 0.251 e. The summed E-state index contributed by atoms with van der Waals surface area (Å²) in [5, 5.41) is 13.6. The third kappa shape index (κ3) is 4.02. The zero-order valence-corrected chi connectivity index (χ0v) is 9.51. The van der Waals surface area contributed by atoms with Crippen molar-refractivity contribution in [2.75, 3.05) is 13.2 Å². The Hall–Kier alpha value is -2.24. The van der Waals surface area contributed by atoms with E-state index in [-0.39, 0.29) is 18.3 Å². The van der Waals surface area contributed by atoms with Crippen LogP contribution in [0.3, 0.4) is 0 Å². The van der Waals surface area contributed by atoms with Crippen molar-refractivity contribution in [2.45, 2.75) is 6.92 Å². The third-order valence-corrected chi connectivity index (χ3v) is 1.99. The first kappa shape index (κ1) is 12.8. The first-order chi connectivity index (χ1) is 8.17. The van der Waals surface area contributed by atoms with E-state index >= 15 is 0 Å². The van der Waals surface area contributed by atoms with Gasteiger partial charge in [-0.1, -0.05) is 5.16 Å². The van der Waals surface area contributed by atoms with Gasteiger partial charge in [0.15, 0.2) is 5.84 Å². The van der Waals surface area contributed by atoms with Crippen molar-refractivity contribution >= 4 is 11.7 Å². The number of carbonyl (C=O) groups is 1. The molecule has 0 saturated heterocycles. The van der Waals surface area contributed by atoms with E-state index in [1.165, 1.54) is 0 Å². The molecule has 1 aromatic rings.